The van der Waals surface area contributed by atoms with E-state index in [1.807, 2.05) is 36.5 Å². The molecule has 1 aromatic heterocycles. The van der Waals surface area contributed by atoms with E-state index in [0.29, 0.717) is 6.04 Å². The lowest BCUT2D eigenvalue weighted by atomic mass is 10.1. The predicted molar refractivity (Wildman–Crippen MR) is 89.4 cm³/mol. The molecule has 0 aliphatic carbocycles. The van der Waals surface area contributed by atoms with Crippen LogP contribution in [0.5, 0.6) is 5.75 Å². The second-order valence-corrected chi connectivity index (χ2v) is 5.72. The summed E-state index contributed by atoms with van der Waals surface area (Å²) in [5.41, 5.74) is 2.11. The van der Waals surface area contributed by atoms with E-state index in [2.05, 4.69) is 9.88 Å². The van der Waals surface area contributed by atoms with Gasteiger partial charge < -0.3 is 9.47 Å². The first-order chi connectivity index (χ1) is 11.3. The quantitative estimate of drug-likeness (QED) is 0.820. The highest BCUT2D eigenvalue weighted by Crippen LogP contribution is 2.31. The maximum absolute atomic E-state index is 5.22. The van der Waals surface area contributed by atoms with Crippen molar-refractivity contribution in [2.45, 2.75) is 18.9 Å². The van der Waals surface area contributed by atoms with Crippen LogP contribution in [-0.2, 0) is 4.74 Å². The summed E-state index contributed by atoms with van der Waals surface area (Å²) in [4.78, 5) is 11.7. The van der Waals surface area contributed by atoms with Gasteiger partial charge in [-0.15, -0.1) is 0 Å². The Labute approximate surface area is 137 Å². The Bertz CT molecular complexity index is 630. The Morgan fingerprint density at radius 3 is 2.74 bits per heavy atom. The number of hydrogen-bond acceptors (Lipinski definition) is 5. The third kappa shape index (κ3) is 3.68. The Morgan fingerprint density at radius 1 is 1.17 bits per heavy atom. The fraction of sp³-hybridized carbons (Fsp3) is 0.444. The number of likely N-dealkylation sites (tertiary alicyclic amines) is 1. The smallest absolute Gasteiger partial charge is 0.159 e. The lowest BCUT2D eigenvalue weighted by Gasteiger charge is -2.23. The van der Waals surface area contributed by atoms with E-state index < -0.39 is 0 Å². The number of rotatable bonds is 6. The molecule has 1 saturated heterocycles. The van der Waals surface area contributed by atoms with Crippen LogP contribution in [0.4, 0.5) is 0 Å². The molecule has 0 N–H and O–H groups in total. The van der Waals surface area contributed by atoms with Crippen LogP contribution in [0, 0.1) is 0 Å². The van der Waals surface area contributed by atoms with Gasteiger partial charge in [0.25, 0.3) is 0 Å². The summed E-state index contributed by atoms with van der Waals surface area (Å²) >= 11 is 0. The molecule has 0 radical (unpaired) electrons. The number of methoxy groups -OCH3 is 2. The monoisotopic (exact) mass is 313 g/mol. The van der Waals surface area contributed by atoms with Crippen LogP contribution >= 0.6 is 0 Å². The van der Waals surface area contributed by atoms with Crippen LogP contribution in [-0.4, -0.2) is 48.8 Å². The molecule has 0 amide bonds. The van der Waals surface area contributed by atoms with Crippen molar-refractivity contribution in [3.8, 4) is 17.1 Å². The van der Waals surface area contributed by atoms with Crippen LogP contribution < -0.4 is 4.74 Å². The van der Waals surface area contributed by atoms with Gasteiger partial charge >= 0.3 is 0 Å². The molecule has 0 spiro atoms. The molecule has 2 aromatic rings. The first-order valence-corrected chi connectivity index (χ1v) is 8.02. The van der Waals surface area contributed by atoms with E-state index in [9.17, 15) is 0 Å². The highest BCUT2D eigenvalue weighted by Gasteiger charge is 2.26. The molecule has 122 valence electrons. The fourth-order valence-electron chi connectivity index (χ4n) is 3.07. The molecule has 3 rings (SSSR count). The molecule has 0 bridgehead atoms. The van der Waals surface area contributed by atoms with Gasteiger partial charge in [0.2, 0.25) is 0 Å². The lowest BCUT2D eigenvalue weighted by Crippen LogP contribution is -2.27. The van der Waals surface area contributed by atoms with Crippen molar-refractivity contribution < 1.29 is 9.47 Å². The van der Waals surface area contributed by atoms with Gasteiger partial charge in [0, 0.05) is 25.4 Å². The van der Waals surface area contributed by atoms with Gasteiger partial charge in [0.05, 0.1) is 25.5 Å². The summed E-state index contributed by atoms with van der Waals surface area (Å²) in [5, 5.41) is 0. The molecule has 1 aromatic carbocycles. The van der Waals surface area contributed by atoms with E-state index >= 15 is 0 Å². The SMILES string of the molecule is COCCN1CCC[C@@H]1c1ccnc(-c2ccc(OC)cc2)n1. The molecule has 1 aliphatic rings. The van der Waals surface area contributed by atoms with Gasteiger partial charge in [-0.25, -0.2) is 9.97 Å². The number of benzene rings is 1. The third-order valence-electron chi connectivity index (χ3n) is 4.31. The van der Waals surface area contributed by atoms with Crippen LogP contribution in [0.2, 0.25) is 0 Å². The van der Waals surface area contributed by atoms with Crippen molar-refractivity contribution in [1.82, 2.24) is 14.9 Å². The fourth-order valence-corrected chi connectivity index (χ4v) is 3.07. The van der Waals surface area contributed by atoms with Crippen LogP contribution in [0.25, 0.3) is 11.4 Å². The highest BCUT2D eigenvalue weighted by molar-refractivity contribution is 5.56. The average molecular weight is 313 g/mol. The zero-order valence-electron chi connectivity index (χ0n) is 13.7. The molecular weight excluding hydrogens is 290 g/mol. The van der Waals surface area contributed by atoms with Gasteiger partial charge in [-0.3, -0.25) is 4.90 Å². The Hall–Kier alpha value is -1.98. The van der Waals surface area contributed by atoms with Crippen molar-refractivity contribution in [3.05, 3.63) is 42.2 Å². The number of aromatic nitrogens is 2. The minimum atomic E-state index is 0.366. The molecule has 2 heterocycles. The van der Waals surface area contributed by atoms with Gasteiger partial charge in [-0.2, -0.15) is 0 Å². The molecule has 1 fully saturated rings. The lowest BCUT2D eigenvalue weighted by molar-refractivity contribution is 0.140. The van der Waals surface area contributed by atoms with Crippen molar-refractivity contribution in [2.24, 2.45) is 0 Å². The maximum atomic E-state index is 5.22. The number of ether oxygens (including phenoxy) is 2. The highest BCUT2D eigenvalue weighted by atomic mass is 16.5. The van der Waals surface area contributed by atoms with E-state index in [-0.39, 0.29) is 0 Å². The zero-order chi connectivity index (χ0) is 16.1. The molecule has 5 heteroatoms. The Balaban J connectivity index is 1.81. The van der Waals surface area contributed by atoms with Crippen molar-refractivity contribution in [1.29, 1.82) is 0 Å². The van der Waals surface area contributed by atoms with E-state index in [1.165, 1.54) is 6.42 Å². The first kappa shape index (κ1) is 15.9. The normalized spacial score (nSPS) is 18.3. The second kappa shape index (κ2) is 7.53. The molecule has 1 atom stereocenters. The van der Waals surface area contributed by atoms with Gasteiger partial charge in [-0.05, 0) is 49.7 Å². The van der Waals surface area contributed by atoms with Gasteiger partial charge in [0.15, 0.2) is 5.82 Å². The van der Waals surface area contributed by atoms with Gasteiger partial charge in [0.1, 0.15) is 5.75 Å². The second-order valence-electron chi connectivity index (χ2n) is 5.72. The zero-order valence-corrected chi connectivity index (χ0v) is 13.7. The third-order valence-corrected chi connectivity index (χ3v) is 4.31. The number of nitrogens with zero attached hydrogens (tertiary/aromatic N) is 3. The number of hydrogen-bond donors (Lipinski definition) is 0. The van der Waals surface area contributed by atoms with E-state index in [4.69, 9.17) is 14.5 Å². The molecule has 1 aliphatic heterocycles. The molecule has 5 nitrogen and oxygen atoms in total. The average Bonchev–Trinajstić information content (AvgIpc) is 3.08. The standard InChI is InChI=1S/C18H23N3O2/c1-22-13-12-21-11-3-4-17(21)16-9-10-19-18(20-16)14-5-7-15(23-2)8-6-14/h5-10,17H,3-4,11-13H2,1-2H3/t17-/m1/s1. The summed E-state index contributed by atoms with van der Waals surface area (Å²) < 4.78 is 10.4. The minimum absolute atomic E-state index is 0.366. The maximum Gasteiger partial charge on any atom is 0.159 e. The van der Waals surface area contributed by atoms with Crippen LogP contribution in [0.15, 0.2) is 36.5 Å². The van der Waals surface area contributed by atoms with Crippen molar-refractivity contribution in [3.63, 3.8) is 0 Å². The molecule has 23 heavy (non-hydrogen) atoms. The first-order valence-electron chi connectivity index (χ1n) is 8.02. The molecule has 0 saturated carbocycles. The molecular formula is C18H23N3O2. The van der Waals surface area contributed by atoms with Gasteiger partial charge in [-0.1, -0.05) is 0 Å². The van der Waals surface area contributed by atoms with Crippen molar-refractivity contribution in [2.75, 3.05) is 33.9 Å². The predicted octanol–water partition coefficient (Wildman–Crippen LogP) is 2.94. The largest absolute Gasteiger partial charge is 0.497 e. The Morgan fingerprint density at radius 2 is 2.00 bits per heavy atom. The van der Waals surface area contributed by atoms with E-state index in [1.54, 1.807) is 14.2 Å². The molecule has 0 unspecified atom stereocenters. The summed E-state index contributed by atoms with van der Waals surface area (Å²) in [7, 11) is 3.42. The van der Waals surface area contributed by atoms with Crippen molar-refractivity contribution >= 4 is 0 Å². The van der Waals surface area contributed by atoms with E-state index in [0.717, 1.165) is 48.9 Å². The van der Waals surface area contributed by atoms with Crippen LogP contribution in [0.3, 0.4) is 0 Å². The summed E-state index contributed by atoms with van der Waals surface area (Å²) in [6, 6.07) is 10.3. The van der Waals surface area contributed by atoms with Crippen LogP contribution in [0.1, 0.15) is 24.6 Å². The topological polar surface area (TPSA) is 47.5 Å². The summed E-state index contributed by atoms with van der Waals surface area (Å²) in [6.45, 7) is 2.81. The summed E-state index contributed by atoms with van der Waals surface area (Å²) in [6.07, 6.45) is 4.20. The Kier molecular flexibility index (Phi) is 5.20. The minimum Gasteiger partial charge on any atom is -0.497 e. The summed E-state index contributed by atoms with van der Waals surface area (Å²) in [5.74, 6) is 1.61.